The molecule has 0 aliphatic carbocycles. The molecule has 7 nitrogen and oxygen atoms in total. The fourth-order valence-electron chi connectivity index (χ4n) is 3.29. The molecule has 0 unspecified atom stereocenters. The normalized spacial score (nSPS) is 12.2. The van der Waals surface area contributed by atoms with Crippen molar-refractivity contribution in [2.75, 3.05) is 5.32 Å². The lowest BCUT2D eigenvalue weighted by molar-refractivity contribution is -0.384. The van der Waals surface area contributed by atoms with Gasteiger partial charge in [-0.1, -0.05) is 47.6 Å². The lowest BCUT2D eigenvalue weighted by Gasteiger charge is -2.28. The highest BCUT2D eigenvalue weighted by atomic mass is 16.6. The Morgan fingerprint density at radius 3 is 2.06 bits per heavy atom. The second kappa shape index (κ2) is 8.83. The van der Waals surface area contributed by atoms with Gasteiger partial charge in [-0.3, -0.25) is 14.9 Å². The summed E-state index contributed by atoms with van der Waals surface area (Å²) in [6.45, 7) is 13.5. The molecule has 1 amide bonds. The Hall–Kier alpha value is -3.66. The number of carbonyl (C=O) groups excluding carboxylic acids is 1. The van der Waals surface area contributed by atoms with E-state index in [0.717, 1.165) is 0 Å². The number of nitriles is 1. The predicted octanol–water partition coefficient (Wildman–Crippen LogP) is 5.75. The third kappa shape index (κ3) is 5.52. The number of nitro benzene ring substituents is 1. The molecule has 0 atom stereocenters. The first-order chi connectivity index (χ1) is 14.6. The summed E-state index contributed by atoms with van der Waals surface area (Å²) in [7, 11) is 0. The van der Waals surface area contributed by atoms with Gasteiger partial charge in [0.15, 0.2) is 0 Å². The molecular weight excluding hydrogens is 406 g/mol. The van der Waals surface area contributed by atoms with Gasteiger partial charge in [-0.25, -0.2) is 0 Å². The molecule has 168 valence electrons. The second-order valence-corrected chi connectivity index (χ2v) is 9.87. The van der Waals surface area contributed by atoms with Gasteiger partial charge in [-0.15, -0.1) is 0 Å². The number of amides is 1. The molecule has 0 aromatic heterocycles. The van der Waals surface area contributed by atoms with E-state index in [1.54, 1.807) is 25.1 Å². The molecule has 0 fully saturated rings. The largest absolute Gasteiger partial charge is 0.507 e. The van der Waals surface area contributed by atoms with Crippen LogP contribution in [0.25, 0.3) is 6.08 Å². The molecule has 0 spiro atoms. The Bertz CT molecular complexity index is 1110. The van der Waals surface area contributed by atoms with Crippen LogP contribution in [0.5, 0.6) is 5.75 Å². The lowest BCUT2D eigenvalue weighted by atomic mass is 9.78. The van der Waals surface area contributed by atoms with Gasteiger partial charge in [0.2, 0.25) is 0 Å². The number of nitro groups is 1. The topological polar surface area (TPSA) is 116 Å². The minimum absolute atomic E-state index is 0.0169. The highest BCUT2D eigenvalue weighted by Crippen LogP contribution is 2.40. The summed E-state index contributed by atoms with van der Waals surface area (Å²) < 4.78 is 0. The van der Waals surface area contributed by atoms with Gasteiger partial charge in [0.05, 0.1) is 4.92 Å². The van der Waals surface area contributed by atoms with Crippen molar-refractivity contribution < 1.29 is 14.8 Å². The quantitative estimate of drug-likeness (QED) is 0.274. The average Bonchev–Trinajstić information content (AvgIpc) is 2.66. The summed E-state index contributed by atoms with van der Waals surface area (Å²) in [6, 6.07) is 9.83. The maximum atomic E-state index is 12.8. The Kier molecular flexibility index (Phi) is 6.79. The molecule has 0 saturated heterocycles. The van der Waals surface area contributed by atoms with Crippen LogP contribution >= 0.6 is 0 Å². The van der Waals surface area contributed by atoms with E-state index in [4.69, 9.17) is 0 Å². The number of hydrogen-bond donors (Lipinski definition) is 2. The van der Waals surface area contributed by atoms with Crippen molar-refractivity contribution >= 4 is 23.4 Å². The van der Waals surface area contributed by atoms with Crippen LogP contribution in [0, 0.1) is 28.4 Å². The molecule has 7 heteroatoms. The zero-order valence-electron chi connectivity index (χ0n) is 19.5. The summed E-state index contributed by atoms with van der Waals surface area (Å²) in [5.74, 6) is -0.553. The standard InChI is InChI=1S/C25H29N3O4/c1-15-8-9-20(21(10-15)28(31)32)27-23(30)17(14-26)11-16-12-18(24(2,3)4)22(29)19(13-16)25(5,6)7/h8-13,29H,1-7H3,(H,27,30)/b17-11+. The van der Waals surface area contributed by atoms with E-state index in [-0.39, 0.29) is 33.5 Å². The summed E-state index contributed by atoms with van der Waals surface area (Å²) in [5.41, 5.74) is 1.49. The maximum Gasteiger partial charge on any atom is 0.293 e. The molecule has 0 heterocycles. The fourth-order valence-corrected chi connectivity index (χ4v) is 3.29. The predicted molar refractivity (Wildman–Crippen MR) is 126 cm³/mol. The first-order valence-electron chi connectivity index (χ1n) is 10.2. The molecule has 32 heavy (non-hydrogen) atoms. The van der Waals surface area contributed by atoms with Crippen molar-refractivity contribution in [2.24, 2.45) is 0 Å². The fraction of sp³-hybridized carbons (Fsp3) is 0.360. The zero-order chi connectivity index (χ0) is 24.4. The van der Waals surface area contributed by atoms with Crippen LogP contribution in [-0.2, 0) is 15.6 Å². The number of nitrogens with one attached hydrogen (secondary N) is 1. The first kappa shape index (κ1) is 24.6. The molecule has 2 rings (SSSR count). The van der Waals surface area contributed by atoms with Crippen molar-refractivity contribution in [3.05, 3.63) is 68.3 Å². The van der Waals surface area contributed by atoms with Crippen molar-refractivity contribution in [3.8, 4) is 11.8 Å². The number of nitrogens with zero attached hydrogens (tertiary/aromatic N) is 2. The Morgan fingerprint density at radius 1 is 1.09 bits per heavy atom. The number of rotatable bonds is 4. The molecule has 2 aromatic rings. The van der Waals surface area contributed by atoms with E-state index in [1.807, 2.05) is 47.6 Å². The SMILES string of the molecule is Cc1ccc(NC(=O)/C(C#N)=C/c2cc(C(C)(C)C)c(O)c(C(C)(C)C)c2)c([N+](=O)[O-])c1. The highest BCUT2D eigenvalue weighted by Gasteiger charge is 2.26. The third-order valence-corrected chi connectivity index (χ3v) is 5.02. The Morgan fingerprint density at radius 2 is 1.62 bits per heavy atom. The zero-order valence-corrected chi connectivity index (χ0v) is 19.5. The molecular formula is C25H29N3O4. The number of carbonyl (C=O) groups is 1. The van der Waals surface area contributed by atoms with Gasteiger partial charge in [0, 0.05) is 17.2 Å². The number of phenolic OH excluding ortho intramolecular Hbond substituents is 1. The molecule has 0 aliphatic heterocycles. The van der Waals surface area contributed by atoms with Gasteiger partial charge in [-0.2, -0.15) is 5.26 Å². The smallest absolute Gasteiger partial charge is 0.293 e. The highest BCUT2D eigenvalue weighted by molar-refractivity contribution is 6.10. The second-order valence-electron chi connectivity index (χ2n) is 9.87. The lowest BCUT2D eigenvalue weighted by Crippen LogP contribution is -2.18. The van der Waals surface area contributed by atoms with Crippen LogP contribution in [0.3, 0.4) is 0 Å². The average molecular weight is 436 g/mol. The van der Waals surface area contributed by atoms with Gasteiger partial charge >= 0.3 is 0 Å². The number of aromatic hydroxyl groups is 1. The van der Waals surface area contributed by atoms with Crippen molar-refractivity contribution in [3.63, 3.8) is 0 Å². The summed E-state index contributed by atoms with van der Waals surface area (Å²) >= 11 is 0. The van der Waals surface area contributed by atoms with E-state index < -0.39 is 10.8 Å². The number of hydrogen-bond acceptors (Lipinski definition) is 5. The third-order valence-electron chi connectivity index (χ3n) is 5.02. The van der Waals surface area contributed by atoms with Crippen LogP contribution in [0.1, 0.15) is 63.8 Å². The molecule has 2 aromatic carbocycles. The monoisotopic (exact) mass is 435 g/mol. The van der Waals surface area contributed by atoms with E-state index in [1.165, 1.54) is 18.2 Å². The number of aryl methyl sites for hydroxylation is 1. The van der Waals surface area contributed by atoms with E-state index >= 15 is 0 Å². The molecule has 0 aliphatic rings. The number of benzene rings is 2. The minimum atomic E-state index is -0.748. The van der Waals surface area contributed by atoms with E-state index in [2.05, 4.69) is 5.32 Å². The van der Waals surface area contributed by atoms with Gasteiger partial charge in [0.1, 0.15) is 23.1 Å². The van der Waals surface area contributed by atoms with E-state index in [9.17, 15) is 25.3 Å². The number of anilines is 1. The van der Waals surface area contributed by atoms with Crippen molar-refractivity contribution in [2.45, 2.75) is 59.3 Å². The van der Waals surface area contributed by atoms with Crippen LogP contribution in [0.4, 0.5) is 11.4 Å². The summed E-state index contributed by atoms with van der Waals surface area (Å²) in [5, 5.41) is 34.3. The van der Waals surface area contributed by atoms with Crippen LogP contribution in [-0.4, -0.2) is 15.9 Å². The first-order valence-corrected chi connectivity index (χ1v) is 10.2. The Labute approximate surface area is 188 Å². The molecule has 0 radical (unpaired) electrons. The minimum Gasteiger partial charge on any atom is -0.507 e. The van der Waals surface area contributed by atoms with Crippen LogP contribution in [0.2, 0.25) is 0 Å². The van der Waals surface area contributed by atoms with E-state index in [0.29, 0.717) is 22.3 Å². The van der Waals surface area contributed by atoms with Gasteiger partial charge in [0.25, 0.3) is 11.6 Å². The number of phenols is 1. The molecule has 0 bridgehead atoms. The van der Waals surface area contributed by atoms with Crippen molar-refractivity contribution in [1.82, 2.24) is 0 Å². The summed E-state index contributed by atoms with van der Waals surface area (Å²) in [4.78, 5) is 23.5. The van der Waals surface area contributed by atoms with Crippen LogP contribution in [0.15, 0.2) is 35.9 Å². The van der Waals surface area contributed by atoms with Gasteiger partial charge in [-0.05, 0) is 53.2 Å². The molecule has 0 saturated carbocycles. The summed E-state index contributed by atoms with van der Waals surface area (Å²) in [6.07, 6.45) is 1.43. The van der Waals surface area contributed by atoms with Crippen molar-refractivity contribution in [1.29, 1.82) is 5.26 Å². The Balaban J connectivity index is 2.56. The van der Waals surface area contributed by atoms with Crippen LogP contribution < -0.4 is 5.32 Å². The van der Waals surface area contributed by atoms with Gasteiger partial charge < -0.3 is 10.4 Å². The molecule has 2 N–H and O–H groups in total. The maximum absolute atomic E-state index is 12.8.